The monoisotopic (exact) mass is 277 g/mol. The van der Waals surface area contributed by atoms with Crippen LogP contribution in [-0.2, 0) is 0 Å². The fraction of sp³-hybridized carbons (Fsp3) is 0. The lowest BCUT2D eigenvalue weighted by molar-refractivity contribution is 0.102. The number of nitriles is 1. The highest BCUT2D eigenvalue weighted by molar-refractivity contribution is 6.02. The Bertz CT molecular complexity index is 708. The average molecular weight is 277 g/mol. The van der Waals surface area contributed by atoms with Gasteiger partial charge < -0.3 is 5.32 Å². The van der Waals surface area contributed by atoms with Crippen molar-refractivity contribution in [3.8, 4) is 6.07 Å². The van der Waals surface area contributed by atoms with Gasteiger partial charge in [0.1, 0.15) is 17.6 Å². The molecule has 0 aliphatic heterocycles. The number of hydrogen-bond donors (Lipinski definition) is 1. The van der Waals surface area contributed by atoms with Gasteiger partial charge in [0.15, 0.2) is 11.6 Å². The summed E-state index contributed by atoms with van der Waals surface area (Å²) in [5.74, 6) is -4.54. The van der Waals surface area contributed by atoms with Crippen molar-refractivity contribution in [1.29, 1.82) is 5.26 Å². The minimum absolute atomic E-state index is 0.0897. The summed E-state index contributed by atoms with van der Waals surface area (Å²) in [6, 6.07) is 5.29. The fourth-order valence-corrected chi connectivity index (χ4v) is 1.40. The molecule has 0 bridgehead atoms. The molecule has 0 aliphatic carbocycles. The number of hydrogen-bond acceptors (Lipinski definition) is 3. The maximum absolute atomic E-state index is 13.3. The van der Waals surface area contributed by atoms with Crippen molar-refractivity contribution in [2.24, 2.45) is 0 Å². The molecule has 0 saturated carbocycles. The lowest BCUT2D eigenvalue weighted by atomic mass is 10.2. The van der Waals surface area contributed by atoms with E-state index in [1.54, 1.807) is 0 Å². The summed E-state index contributed by atoms with van der Waals surface area (Å²) in [5.41, 5.74) is -0.339. The maximum Gasteiger partial charge on any atom is 0.274 e. The van der Waals surface area contributed by atoms with Gasteiger partial charge in [0.05, 0.1) is 11.3 Å². The molecular weight excluding hydrogens is 271 g/mol. The summed E-state index contributed by atoms with van der Waals surface area (Å²) < 4.78 is 39.0. The molecule has 0 aliphatic rings. The first kappa shape index (κ1) is 13.5. The predicted molar refractivity (Wildman–Crippen MR) is 63.2 cm³/mol. The fourth-order valence-electron chi connectivity index (χ4n) is 1.40. The smallest absolute Gasteiger partial charge is 0.274 e. The number of aromatic nitrogens is 1. The number of benzene rings is 1. The standard InChI is InChI=1S/C13H6F3N3O/c14-8-3-10(16)12(4-9(8)15)19-13(20)11-2-1-7(5-17)6-18-11/h1-4,6H,(H,19,20). The number of pyridine rings is 1. The summed E-state index contributed by atoms with van der Waals surface area (Å²) in [4.78, 5) is 15.4. The normalized spacial score (nSPS) is 9.90. The Morgan fingerprint density at radius 3 is 2.45 bits per heavy atom. The van der Waals surface area contributed by atoms with Crippen LogP contribution in [0.4, 0.5) is 18.9 Å². The van der Waals surface area contributed by atoms with Crippen LogP contribution in [0.3, 0.4) is 0 Å². The molecule has 0 radical (unpaired) electrons. The van der Waals surface area contributed by atoms with E-state index in [2.05, 4.69) is 10.3 Å². The van der Waals surface area contributed by atoms with Crippen LogP contribution < -0.4 is 5.32 Å². The summed E-state index contributed by atoms with van der Waals surface area (Å²) in [6.07, 6.45) is 1.16. The molecular formula is C13H6F3N3O. The van der Waals surface area contributed by atoms with E-state index in [9.17, 15) is 18.0 Å². The second kappa shape index (κ2) is 5.40. The van der Waals surface area contributed by atoms with Gasteiger partial charge in [-0.25, -0.2) is 18.2 Å². The molecule has 1 aromatic heterocycles. The van der Waals surface area contributed by atoms with E-state index >= 15 is 0 Å². The number of anilines is 1. The summed E-state index contributed by atoms with van der Waals surface area (Å²) in [5, 5.41) is 10.6. The summed E-state index contributed by atoms with van der Waals surface area (Å²) >= 11 is 0. The number of carbonyl (C=O) groups excluding carboxylic acids is 1. The van der Waals surface area contributed by atoms with E-state index in [-0.39, 0.29) is 11.3 Å². The van der Waals surface area contributed by atoms with Gasteiger partial charge in [-0.05, 0) is 12.1 Å². The zero-order valence-corrected chi connectivity index (χ0v) is 9.82. The second-order valence-electron chi connectivity index (χ2n) is 3.74. The molecule has 1 heterocycles. The van der Waals surface area contributed by atoms with Crippen LogP contribution in [-0.4, -0.2) is 10.9 Å². The van der Waals surface area contributed by atoms with Crippen molar-refractivity contribution in [2.45, 2.75) is 0 Å². The molecule has 0 saturated heterocycles. The van der Waals surface area contributed by atoms with Gasteiger partial charge in [0.2, 0.25) is 0 Å². The Balaban J connectivity index is 2.23. The van der Waals surface area contributed by atoms with Crippen LogP contribution in [0.15, 0.2) is 30.5 Å². The first-order valence-corrected chi connectivity index (χ1v) is 5.33. The van der Waals surface area contributed by atoms with Crippen LogP contribution in [0.5, 0.6) is 0 Å². The Labute approximate surface area is 111 Å². The highest BCUT2D eigenvalue weighted by atomic mass is 19.2. The van der Waals surface area contributed by atoms with Gasteiger partial charge in [0, 0.05) is 18.3 Å². The SMILES string of the molecule is N#Cc1ccc(C(=O)Nc2cc(F)c(F)cc2F)nc1. The maximum atomic E-state index is 13.3. The first-order chi connectivity index (χ1) is 9.51. The highest BCUT2D eigenvalue weighted by Crippen LogP contribution is 2.19. The highest BCUT2D eigenvalue weighted by Gasteiger charge is 2.14. The molecule has 7 heteroatoms. The van der Waals surface area contributed by atoms with Crippen molar-refractivity contribution < 1.29 is 18.0 Å². The van der Waals surface area contributed by atoms with E-state index in [0.29, 0.717) is 12.1 Å². The molecule has 20 heavy (non-hydrogen) atoms. The molecule has 1 aromatic carbocycles. The third-order valence-corrected chi connectivity index (χ3v) is 2.38. The molecule has 0 atom stereocenters. The third kappa shape index (κ3) is 2.75. The van der Waals surface area contributed by atoms with Crippen LogP contribution in [0.2, 0.25) is 0 Å². The molecule has 2 rings (SSSR count). The molecule has 4 nitrogen and oxygen atoms in total. The van der Waals surface area contributed by atoms with Gasteiger partial charge in [0.25, 0.3) is 5.91 Å². The summed E-state index contributed by atoms with van der Waals surface area (Å²) in [6.45, 7) is 0. The van der Waals surface area contributed by atoms with E-state index < -0.39 is 29.0 Å². The average Bonchev–Trinajstić information content (AvgIpc) is 2.44. The van der Waals surface area contributed by atoms with Crippen molar-refractivity contribution in [2.75, 3.05) is 5.32 Å². The Hall–Kier alpha value is -2.88. The minimum atomic E-state index is -1.35. The Morgan fingerprint density at radius 2 is 1.85 bits per heavy atom. The van der Waals surface area contributed by atoms with Gasteiger partial charge in [-0.1, -0.05) is 0 Å². The van der Waals surface area contributed by atoms with Crippen molar-refractivity contribution in [1.82, 2.24) is 4.98 Å². The number of carbonyl (C=O) groups is 1. The Morgan fingerprint density at radius 1 is 1.15 bits per heavy atom. The van der Waals surface area contributed by atoms with Crippen LogP contribution >= 0.6 is 0 Å². The topological polar surface area (TPSA) is 65.8 Å². The van der Waals surface area contributed by atoms with Crippen molar-refractivity contribution in [3.63, 3.8) is 0 Å². The number of halogens is 3. The number of nitrogens with zero attached hydrogens (tertiary/aromatic N) is 2. The first-order valence-electron chi connectivity index (χ1n) is 5.33. The van der Waals surface area contributed by atoms with E-state index in [1.165, 1.54) is 12.1 Å². The quantitative estimate of drug-likeness (QED) is 0.858. The molecule has 1 N–H and O–H groups in total. The third-order valence-electron chi connectivity index (χ3n) is 2.38. The predicted octanol–water partition coefficient (Wildman–Crippen LogP) is 2.62. The van der Waals surface area contributed by atoms with E-state index in [4.69, 9.17) is 5.26 Å². The zero-order chi connectivity index (χ0) is 14.7. The van der Waals surface area contributed by atoms with Crippen LogP contribution in [0.1, 0.15) is 16.1 Å². The molecule has 0 spiro atoms. The molecule has 1 amide bonds. The van der Waals surface area contributed by atoms with Crippen molar-refractivity contribution in [3.05, 3.63) is 59.2 Å². The number of amides is 1. The van der Waals surface area contributed by atoms with Crippen LogP contribution in [0.25, 0.3) is 0 Å². The van der Waals surface area contributed by atoms with E-state index in [0.717, 1.165) is 6.20 Å². The lowest BCUT2D eigenvalue weighted by Crippen LogP contribution is -2.15. The van der Waals surface area contributed by atoms with Crippen molar-refractivity contribution >= 4 is 11.6 Å². The number of rotatable bonds is 2. The minimum Gasteiger partial charge on any atom is -0.318 e. The Kier molecular flexibility index (Phi) is 3.66. The molecule has 0 fully saturated rings. The van der Waals surface area contributed by atoms with E-state index in [1.807, 2.05) is 6.07 Å². The van der Waals surface area contributed by atoms with Gasteiger partial charge in [-0.2, -0.15) is 5.26 Å². The zero-order valence-electron chi connectivity index (χ0n) is 9.82. The second-order valence-corrected chi connectivity index (χ2v) is 3.74. The summed E-state index contributed by atoms with van der Waals surface area (Å²) in [7, 11) is 0. The van der Waals surface area contributed by atoms with Gasteiger partial charge >= 0.3 is 0 Å². The molecule has 100 valence electrons. The van der Waals surface area contributed by atoms with Gasteiger partial charge in [-0.15, -0.1) is 0 Å². The largest absolute Gasteiger partial charge is 0.318 e. The molecule has 0 unspecified atom stereocenters. The van der Waals surface area contributed by atoms with Gasteiger partial charge in [-0.3, -0.25) is 4.79 Å². The lowest BCUT2D eigenvalue weighted by Gasteiger charge is -2.06. The molecule has 2 aromatic rings. The van der Waals surface area contributed by atoms with Crippen LogP contribution in [0, 0.1) is 28.8 Å². The number of nitrogens with one attached hydrogen (secondary N) is 1.